The number of nitrogens with one attached hydrogen (secondary N) is 2. The molecule has 2 aromatic carbocycles. The molecule has 3 heterocycles. The number of hydrogen-bond donors (Lipinski definition) is 2. The van der Waals surface area contributed by atoms with Gasteiger partial charge in [0.2, 0.25) is 23.5 Å². The maximum atomic E-state index is 13.7. The topological polar surface area (TPSA) is 184 Å². The third-order valence-corrected chi connectivity index (χ3v) is 7.12. The Morgan fingerprint density at radius 2 is 1.78 bits per heavy atom. The van der Waals surface area contributed by atoms with Crippen LogP contribution >= 0.6 is 0 Å². The monoisotopic (exact) mass is 631 g/mol. The largest absolute Gasteiger partial charge is 0.453 e. The summed E-state index contributed by atoms with van der Waals surface area (Å²) in [6, 6.07) is 11.5. The lowest BCUT2D eigenvalue weighted by molar-refractivity contribution is -0.122. The second kappa shape index (κ2) is 12.7. The number of fused-ring (bicyclic) bond motifs is 1. The number of carbonyl (C=O) groups excluding carboxylic acids is 3. The molecule has 0 aliphatic heterocycles. The Morgan fingerprint density at radius 1 is 1.04 bits per heavy atom. The minimum absolute atomic E-state index is 0.0109. The number of nitrogens with zero attached hydrogens (tertiary/aromatic N) is 5. The fourth-order valence-corrected chi connectivity index (χ4v) is 4.57. The van der Waals surface area contributed by atoms with Crippen LogP contribution in [0.5, 0.6) is 0 Å². The first-order valence-electron chi connectivity index (χ1n) is 14.1. The maximum absolute atomic E-state index is 13.7. The minimum Gasteiger partial charge on any atom is -0.453 e. The molecule has 0 saturated heterocycles. The molecule has 14 nitrogen and oxygen atoms in total. The van der Waals surface area contributed by atoms with Crippen molar-refractivity contribution in [2.75, 3.05) is 12.4 Å². The number of Topliss-reactive ketones (excluding diaryl/α,β-unsaturated/α-hetero) is 1. The molecule has 3 aromatic heterocycles. The highest BCUT2D eigenvalue weighted by molar-refractivity contribution is 5.98. The number of methoxy groups -OCH3 is 1. The molecule has 5 aromatic rings. The van der Waals surface area contributed by atoms with Crippen molar-refractivity contribution in [1.82, 2.24) is 30.0 Å². The van der Waals surface area contributed by atoms with Crippen LogP contribution in [0, 0.1) is 11.7 Å². The quantitative estimate of drug-likeness (QED) is 0.212. The molecule has 46 heavy (non-hydrogen) atoms. The number of amides is 2. The summed E-state index contributed by atoms with van der Waals surface area (Å²) in [5, 5.41) is 12.9. The van der Waals surface area contributed by atoms with Crippen molar-refractivity contribution >= 4 is 34.6 Å². The average molecular weight is 632 g/mol. The number of oxazole rings is 1. The minimum atomic E-state index is -1.11. The van der Waals surface area contributed by atoms with Crippen LogP contribution in [-0.4, -0.2) is 55.7 Å². The van der Waals surface area contributed by atoms with Crippen molar-refractivity contribution in [2.24, 2.45) is 5.92 Å². The van der Waals surface area contributed by atoms with E-state index in [-0.39, 0.29) is 29.2 Å². The number of halogens is 1. The third kappa shape index (κ3) is 6.38. The van der Waals surface area contributed by atoms with Gasteiger partial charge in [0.25, 0.3) is 11.4 Å². The van der Waals surface area contributed by atoms with Crippen LogP contribution in [0.1, 0.15) is 50.2 Å². The summed E-state index contributed by atoms with van der Waals surface area (Å²) in [5.41, 5.74) is -0.813. The van der Waals surface area contributed by atoms with E-state index in [2.05, 4.69) is 35.5 Å². The predicted molar refractivity (Wildman–Crippen MR) is 161 cm³/mol. The molecule has 5 rings (SSSR count). The zero-order chi connectivity index (χ0) is 33.2. The summed E-state index contributed by atoms with van der Waals surface area (Å²) in [7, 11) is 1.14. The highest BCUT2D eigenvalue weighted by atomic mass is 19.1. The van der Waals surface area contributed by atoms with Crippen LogP contribution in [0.3, 0.4) is 0 Å². The molecule has 2 N–H and O–H groups in total. The summed E-state index contributed by atoms with van der Waals surface area (Å²) < 4.78 is 30.9. The highest BCUT2D eigenvalue weighted by Crippen LogP contribution is 2.32. The van der Waals surface area contributed by atoms with E-state index in [0.29, 0.717) is 16.7 Å². The van der Waals surface area contributed by atoms with E-state index in [1.165, 1.54) is 24.4 Å². The molecule has 15 heteroatoms. The molecule has 0 saturated carbocycles. The first-order chi connectivity index (χ1) is 21.9. The van der Waals surface area contributed by atoms with Gasteiger partial charge in [0.05, 0.1) is 19.3 Å². The second-order valence-corrected chi connectivity index (χ2v) is 11.2. The van der Waals surface area contributed by atoms with Crippen molar-refractivity contribution in [3.05, 3.63) is 88.6 Å². The number of rotatable bonds is 10. The van der Waals surface area contributed by atoms with E-state index in [1.54, 1.807) is 58.0 Å². The van der Waals surface area contributed by atoms with E-state index >= 15 is 0 Å². The molecular formula is C31H30FN7O7. The molecule has 0 unspecified atom stereocenters. The van der Waals surface area contributed by atoms with E-state index in [9.17, 15) is 23.6 Å². The Labute approximate surface area is 261 Å². The first kappa shape index (κ1) is 31.7. The van der Waals surface area contributed by atoms with Gasteiger partial charge in [-0.3, -0.25) is 24.3 Å². The molecule has 0 bridgehead atoms. The van der Waals surface area contributed by atoms with Crippen molar-refractivity contribution in [3.63, 3.8) is 0 Å². The van der Waals surface area contributed by atoms with Gasteiger partial charge in [-0.1, -0.05) is 44.2 Å². The summed E-state index contributed by atoms with van der Waals surface area (Å²) in [5.74, 6) is -2.28. The lowest BCUT2D eigenvalue weighted by atomic mass is 9.93. The van der Waals surface area contributed by atoms with Gasteiger partial charge < -0.3 is 18.9 Å². The predicted octanol–water partition coefficient (Wildman–Crippen LogP) is 4.10. The summed E-state index contributed by atoms with van der Waals surface area (Å²) in [6.07, 6.45) is 0.282. The zero-order valence-corrected chi connectivity index (χ0v) is 25.5. The Balaban J connectivity index is 1.39. The Kier molecular flexibility index (Phi) is 8.76. The second-order valence-electron chi connectivity index (χ2n) is 11.2. The van der Waals surface area contributed by atoms with Gasteiger partial charge in [0, 0.05) is 11.6 Å². The van der Waals surface area contributed by atoms with Crippen molar-refractivity contribution < 1.29 is 32.3 Å². The summed E-state index contributed by atoms with van der Waals surface area (Å²) in [4.78, 5) is 60.7. The third-order valence-electron chi connectivity index (χ3n) is 7.12. The molecule has 2 amide bonds. The smallest absolute Gasteiger partial charge is 0.411 e. The van der Waals surface area contributed by atoms with Gasteiger partial charge in [0.15, 0.2) is 5.58 Å². The van der Waals surface area contributed by atoms with Gasteiger partial charge in [-0.25, -0.2) is 19.2 Å². The number of anilines is 1. The highest BCUT2D eigenvalue weighted by Gasteiger charge is 2.37. The standard InChI is InChI=1S/C31H30FN7O7/c1-16(2)23(24(41)26-37-38-29(46-26)31(3,4)28-34-19-13-18(32)11-12-21(19)45-28)36-22(40)15-39-25(17-9-7-6-8-10-17)33-14-20(27(39)42)35-30(43)44-5/h6-14,16,23H,15H2,1-5H3,(H,35,43)(H,36,40)/t23-/m1/s1. The molecule has 0 aliphatic carbocycles. The number of benzene rings is 2. The molecule has 0 radical (unpaired) electrons. The van der Waals surface area contributed by atoms with E-state index < -0.39 is 53.1 Å². The Hall–Kier alpha value is -5.73. The normalized spacial score (nSPS) is 12.2. The van der Waals surface area contributed by atoms with Gasteiger partial charge in [-0.05, 0) is 31.9 Å². The molecule has 0 spiro atoms. The van der Waals surface area contributed by atoms with Crippen LogP contribution in [0.4, 0.5) is 14.9 Å². The summed E-state index contributed by atoms with van der Waals surface area (Å²) >= 11 is 0. The van der Waals surface area contributed by atoms with Crippen LogP contribution in [-0.2, 0) is 21.5 Å². The number of carbonyl (C=O) groups is 3. The molecule has 0 fully saturated rings. The molecule has 0 aliphatic rings. The number of ether oxygens (including phenoxy) is 1. The Morgan fingerprint density at radius 3 is 2.48 bits per heavy atom. The van der Waals surface area contributed by atoms with Crippen molar-refractivity contribution in [2.45, 2.75) is 45.7 Å². The molecule has 1 atom stereocenters. The lowest BCUT2D eigenvalue weighted by Gasteiger charge is -2.21. The van der Waals surface area contributed by atoms with Gasteiger partial charge in [-0.15, -0.1) is 10.2 Å². The van der Waals surface area contributed by atoms with E-state index in [0.717, 1.165) is 11.7 Å². The van der Waals surface area contributed by atoms with E-state index in [1.807, 2.05) is 0 Å². The number of hydrogen-bond acceptors (Lipinski definition) is 11. The lowest BCUT2D eigenvalue weighted by Crippen LogP contribution is -2.46. The Bertz CT molecular complexity index is 1980. The van der Waals surface area contributed by atoms with Crippen molar-refractivity contribution in [1.29, 1.82) is 0 Å². The van der Waals surface area contributed by atoms with Crippen molar-refractivity contribution in [3.8, 4) is 11.4 Å². The van der Waals surface area contributed by atoms with Gasteiger partial charge in [-0.2, -0.15) is 0 Å². The van der Waals surface area contributed by atoms with Crippen LogP contribution in [0.2, 0.25) is 0 Å². The van der Waals surface area contributed by atoms with E-state index in [4.69, 9.17) is 8.83 Å². The fraction of sp³-hybridized carbons (Fsp3) is 0.290. The van der Waals surface area contributed by atoms with Crippen LogP contribution < -0.4 is 16.2 Å². The SMILES string of the molecule is COC(=O)Nc1cnc(-c2ccccc2)n(CC(=O)N[C@@H](C(=O)c2nnc(C(C)(C)c3nc4cc(F)ccc4o3)o2)C(C)C)c1=O. The number of aromatic nitrogens is 5. The number of ketones is 1. The zero-order valence-electron chi connectivity index (χ0n) is 25.5. The van der Waals surface area contributed by atoms with Gasteiger partial charge >= 0.3 is 6.09 Å². The maximum Gasteiger partial charge on any atom is 0.411 e. The summed E-state index contributed by atoms with van der Waals surface area (Å²) in [6.45, 7) is 6.27. The van der Waals surface area contributed by atoms with Crippen LogP contribution in [0.25, 0.3) is 22.5 Å². The molecular weight excluding hydrogens is 601 g/mol. The van der Waals surface area contributed by atoms with Crippen LogP contribution in [0.15, 0.2) is 68.4 Å². The first-order valence-corrected chi connectivity index (χ1v) is 14.1. The average Bonchev–Trinajstić information content (AvgIpc) is 3.70. The fourth-order valence-electron chi connectivity index (χ4n) is 4.57. The van der Waals surface area contributed by atoms with Gasteiger partial charge in [0.1, 0.15) is 34.8 Å². The molecule has 238 valence electrons.